The van der Waals surface area contributed by atoms with Crippen LogP contribution in [0.4, 0.5) is 0 Å². The molecule has 1 aliphatic heterocycles. The maximum absolute atomic E-state index is 11.8. The summed E-state index contributed by atoms with van der Waals surface area (Å²) in [6.07, 6.45) is 7.45. The first-order valence-corrected chi connectivity index (χ1v) is 5.98. The Morgan fingerprint density at radius 1 is 1.21 bits per heavy atom. The topological polar surface area (TPSA) is 20.3 Å². The molecule has 1 saturated heterocycles. The quantitative estimate of drug-likeness (QED) is 0.638. The van der Waals surface area contributed by atoms with Crippen molar-refractivity contribution in [2.75, 3.05) is 20.1 Å². The Morgan fingerprint density at radius 3 is 2.64 bits per heavy atom. The minimum Gasteiger partial charge on any atom is -0.305 e. The number of carbonyl (C=O) groups excluding carboxylic acids is 1. The molecule has 14 heavy (non-hydrogen) atoms. The summed E-state index contributed by atoms with van der Waals surface area (Å²) in [4.78, 5) is 14.1. The van der Waals surface area contributed by atoms with Crippen LogP contribution in [0, 0.1) is 11.8 Å². The van der Waals surface area contributed by atoms with E-state index in [0.29, 0.717) is 17.6 Å². The monoisotopic (exact) mass is 195 g/mol. The fraction of sp³-hybridized carbons (Fsp3) is 0.917. The van der Waals surface area contributed by atoms with Crippen molar-refractivity contribution in [1.82, 2.24) is 4.90 Å². The molecule has 0 bridgehead atoms. The van der Waals surface area contributed by atoms with Crippen LogP contribution in [0.1, 0.15) is 38.5 Å². The van der Waals surface area contributed by atoms with Gasteiger partial charge in [-0.05, 0) is 25.8 Å². The number of Topliss-reactive ketones (excluding diaryl/α,β-unsaturated/α-hetero) is 1. The van der Waals surface area contributed by atoms with Gasteiger partial charge in [-0.1, -0.05) is 19.3 Å². The third-order valence-corrected chi connectivity index (χ3v) is 3.88. The molecule has 1 heterocycles. The third kappa shape index (κ3) is 2.17. The van der Waals surface area contributed by atoms with E-state index >= 15 is 0 Å². The maximum Gasteiger partial charge on any atom is 0.138 e. The number of hydrogen-bond donors (Lipinski definition) is 0. The Kier molecular flexibility index (Phi) is 3.22. The maximum atomic E-state index is 11.8. The minimum absolute atomic E-state index is 0.369. The van der Waals surface area contributed by atoms with Crippen LogP contribution in [-0.2, 0) is 4.79 Å². The minimum atomic E-state index is 0.369. The predicted octanol–water partition coefficient (Wildman–Crippen LogP) is 2.09. The van der Waals surface area contributed by atoms with Gasteiger partial charge in [0.25, 0.3) is 0 Å². The Hall–Kier alpha value is -0.370. The summed E-state index contributed by atoms with van der Waals surface area (Å²) in [5, 5.41) is 0. The van der Waals surface area contributed by atoms with Crippen LogP contribution < -0.4 is 0 Å². The van der Waals surface area contributed by atoms with Crippen LogP contribution in [0.3, 0.4) is 0 Å². The lowest BCUT2D eigenvalue weighted by Crippen LogP contribution is -2.42. The molecular weight excluding hydrogens is 174 g/mol. The summed E-state index contributed by atoms with van der Waals surface area (Å²) in [6, 6.07) is 0. The number of piperidine rings is 1. The zero-order chi connectivity index (χ0) is 9.97. The fourth-order valence-corrected chi connectivity index (χ4v) is 2.96. The van der Waals surface area contributed by atoms with Crippen molar-refractivity contribution in [3.05, 3.63) is 0 Å². The molecular formula is C12H21NO. The van der Waals surface area contributed by atoms with Gasteiger partial charge >= 0.3 is 0 Å². The first kappa shape index (κ1) is 10.2. The van der Waals surface area contributed by atoms with Gasteiger partial charge in [0.2, 0.25) is 0 Å². The fourth-order valence-electron chi connectivity index (χ4n) is 2.96. The smallest absolute Gasteiger partial charge is 0.138 e. The highest BCUT2D eigenvalue weighted by Crippen LogP contribution is 2.32. The summed E-state index contributed by atoms with van der Waals surface area (Å²) in [5.41, 5.74) is 0. The molecule has 2 rings (SSSR count). The van der Waals surface area contributed by atoms with Crippen molar-refractivity contribution in [2.45, 2.75) is 38.5 Å². The van der Waals surface area contributed by atoms with Crippen molar-refractivity contribution in [1.29, 1.82) is 0 Å². The highest BCUT2D eigenvalue weighted by atomic mass is 16.1. The standard InChI is InChI=1S/C12H21NO/c1-13-8-7-12(14)11(9-13)10-5-3-2-4-6-10/h10-11H,2-9H2,1H3. The Morgan fingerprint density at radius 2 is 1.93 bits per heavy atom. The van der Waals surface area contributed by atoms with Gasteiger partial charge in [-0.15, -0.1) is 0 Å². The second-order valence-electron chi connectivity index (χ2n) is 4.98. The van der Waals surface area contributed by atoms with Crippen LogP contribution in [-0.4, -0.2) is 30.8 Å². The van der Waals surface area contributed by atoms with Gasteiger partial charge in [0, 0.05) is 25.4 Å². The van der Waals surface area contributed by atoms with E-state index in [2.05, 4.69) is 11.9 Å². The van der Waals surface area contributed by atoms with Crippen LogP contribution >= 0.6 is 0 Å². The highest BCUT2D eigenvalue weighted by molar-refractivity contribution is 5.82. The average molecular weight is 195 g/mol. The van der Waals surface area contributed by atoms with Gasteiger partial charge < -0.3 is 4.90 Å². The van der Waals surface area contributed by atoms with Crippen LogP contribution in [0.25, 0.3) is 0 Å². The number of carbonyl (C=O) groups is 1. The van der Waals surface area contributed by atoms with Gasteiger partial charge in [-0.2, -0.15) is 0 Å². The van der Waals surface area contributed by atoms with Crippen molar-refractivity contribution < 1.29 is 4.79 Å². The zero-order valence-corrected chi connectivity index (χ0v) is 9.17. The normalized spacial score (nSPS) is 32.1. The predicted molar refractivity (Wildman–Crippen MR) is 57.2 cm³/mol. The second-order valence-corrected chi connectivity index (χ2v) is 4.98. The molecule has 2 heteroatoms. The zero-order valence-electron chi connectivity index (χ0n) is 9.17. The number of hydrogen-bond acceptors (Lipinski definition) is 2. The molecule has 1 aliphatic carbocycles. The van der Waals surface area contributed by atoms with E-state index in [4.69, 9.17) is 0 Å². The molecule has 0 N–H and O–H groups in total. The summed E-state index contributed by atoms with van der Waals surface area (Å²) < 4.78 is 0. The highest BCUT2D eigenvalue weighted by Gasteiger charge is 2.32. The van der Waals surface area contributed by atoms with E-state index in [1.807, 2.05) is 0 Å². The summed E-state index contributed by atoms with van der Waals surface area (Å²) in [6.45, 7) is 1.99. The van der Waals surface area contributed by atoms with Crippen molar-refractivity contribution in [3.8, 4) is 0 Å². The van der Waals surface area contributed by atoms with E-state index in [1.54, 1.807) is 0 Å². The summed E-state index contributed by atoms with van der Waals surface area (Å²) in [7, 11) is 2.14. The van der Waals surface area contributed by atoms with E-state index in [1.165, 1.54) is 32.1 Å². The van der Waals surface area contributed by atoms with Gasteiger partial charge in [-0.3, -0.25) is 4.79 Å². The SMILES string of the molecule is CN1CCC(=O)C(C2CCCCC2)C1. The van der Waals surface area contributed by atoms with Crippen molar-refractivity contribution in [3.63, 3.8) is 0 Å². The molecule has 0 amide bonds. The molecule has 2 fully saturated rings. The number of ketones is 1. The molecule has 2 aliphatic rings. The van der Waals surface area contributed by atoms with Gasteiger partial charge in [0.1, 0.15) is 5.78 Å². The van der Waals surface area contributed by atoms with Gasteiger partial charge in [0.05, 0.1) is 0 Å². The number of rotatable bonds is 1. The van der Waals surface area contributed by atoms with Gasteiger partial charge in [0.15, 0.2) is 0 Å². The third-order valence-electron chi connectivity index (χ3n) is 3.88. The van der Waals surface area contributed by atoms with E-state index < -0.39 is 0 Å². The van der Waals surface area contributed by atoms with Crippen LogP contribution in [0.5, 0.6) is 0 Å². The number of likely N-dealkylation sites (tertiary alicyclic amines) is 1. The Labute approximate surface area is 86.7 Å². The molecule has 80 valence electrons. The Balaban J connectivity index is 1.96. The van der Waals surface area contributed by atoms with Crippen LogP contribution in [0.2, 0.25) is 0 Å². The lowest BCUT2D eigenvalue weighted by molar-refractivity contribution is -0.128. The number of nitrogens with zero attached hydrogens (tertiary/aromatic N) is 1. The van der Waals surface area contributed by atoms with E-state index in [0.717, 1.165) is 19.5 Å². The van der Waals surface area contributed by atoms with E-state index in [-0.39, 0.29) is 0 Å². The lowest BCUT2D eigenvalue weighted by Gasteiger charge is -2.35. The molecule has 0 radical (unpaired) electrons. The molecule has 0 spiro atoms. The second kappa shape index (κ2) is 4.43. The summed E-state index contributed by atoms with van der Waals surface area (Å²) >= 11 is 0. The molecule has 0 aromatic carbocycles. The van der Waals surface area contributed by atoms with Gasteiger partial charge in [-0.25, -0.2) is 0 Å². The average Bonchev–Trinajstić information content (AvgIpc) is 2.23. The molecule has 1 saturated carbocycles. The van der Waals surface area contributed by atoms with Crippen molar-refractivity contribution in [2.24, 2.45) is 11.8 Å². The molecule has 1 unspecified atom stereocenters. The first-order chi connectivity index (χ1) is 6.77. The molecule has 0 aromatic heterocycles. The van der Waals surface area contributed by atoms with Crippen molar-refractivity contribution >= 4 is 5.78 Å². The first-order valence-electron chi connectivity index (χ1n) is 5.98. The molecule has 0 aromatic rings. The largest absolute Gasteiger partial charge is 0.305 e. The Bertz CT molecular complexity index is 208. The van der Waals surface area contributed by atoms with Crippen LogP contribution in [0.15, 0.2) is 0 Å². The summed E-state index contributed by atoms with van der Waals surface area (Å²) in [5.74, 6) is 1.61. The van der Waals surface area contributed by atoms with E-state index in [9.17, 15) is 4.79 Å². The molecule has 1 atom stereocenters. The molecule has 2 nitrogen and oxygen atoms in total. The lowest BCUT2D eigenvalue weighted by atomic mass is 9.76.